The van der Waals surface area contributed by atoms with Crippen LogP contribution in [0.4, 0.5) is 5.69 Å². The van der Waals surface area contributed by atoms with Gasteiger partial charge in [0, 0.05) is 36.8 Å². The van der Waals surface area contributed by atoms with Gasteiger partial charge in [-0.25, -0.2) is 0 Å². The number of esters is 1. The monoisotopic (exact) mass is 421 g/mol. The Balaban J connectivity index is 1.95. The Bertz CT molecular complexity index is 705. The molecule has 1 aliphatic rings. The molecule has 1 aromatic carbocycles. The molecule has 7 heteroatoms. The molecule has 0 spiro atoms. The summed E-state index contributed by atoms with van der Waals surface area (Å²) in [6.45, 7) is 0.543. The number of hydrogen-bond acceptors (Lipinski definition) is 7. The fraction of sp³-hybridized carbons (Fsp3) is 0.652. The zero-order chi connectivity index (χ0) is 21.9. The van der Waals surface area contributed by atoms with Crippen molar-refractivity contribution in [2.75, 3.05) is 33.2 Å². The van der Waals surface area contributed by atoms with Gasteiger partial charge in [-0.05, 0) is 43.6 Å². The summed E-state index contributed by atoms with van der Waals surface area (Å²) in [7, 11) is 2.87. The van der Waals surface area contributed by atoms with Gasteiger partial charge in [0.15, 0.2) is 17.3 Å². The van der Waals surface area contributed by atoms with E-state index in [-0.39, 0.29) is 24.8 Å². The molecule has 7 nitrogen and oxygen atoms in total. The zero-order valence-electron chi connectivity index (χ0n) is 18.2. The van der Waals surface area contributed by atoms with Crippen molar-refractivity contribution < 1.29 is 28.9 Å². The quantitative estimate of drug-likeness (QED) is 0.184. The maximum atomic E-state index is 12.8. The highest BCUT2D eigenvalue weighted by molar-refractivity contribution is 6.01. The Morgan fingerprint density at radius 1 is 1.10 bits per heavy atom. The molecule has 0 aromatic heterocycles. The topological polar surface area (TPSA) is 108 Å². The number of carbonyl (C=O) groups excluding carboxylic acids is 2. The highest BCUT2D eigenvalue weighted by Crippen LogP contribution is 2.35. The summed E-state index contributed by atoms with van der Waals surface area (Å²) in [5.41, 5.74) is 6.94. The highest BCUT2D eigenvalue weighted by Gasteiger charge is 2.22. The Hall–Kier alpha value is -2.28. The molecule has 1 aromatic rings. The van der Waals surface area contributed by atoms with Crippen LogP contribution in [0.1, 0.15) is 68.1 Å². The van der Waals surface area contributed by atoms with Crippen LogP contribution in [-0.2, 0) is 9.53 Å². The number of benzene rings is 1. The Kier molecular flexibility index (Phi) is 9.94. The van der Waals surface area contributed by atoms with E-state index in [0.29, 0.717) is 54.0 Å². The minimum Gasteiger partial charge on any atom is -0.493 e. The number of ketones is 1. The van der Waals surface area contributed by atoms with Gasteiger partial charge in [-0.3, -0.25) is 9.59 Å². The molecule has 30 heavy (non-hydrogen) atoms. The van der Waals surface area contributed by atoms with Crippen LogP contribution in [0.5, 0.6) is 11.5 Å². The van der Waals surface area contributed by atoms with Crippen LogP contribution in [0.2, 0.25) is 0 Å². The van der Waals surface area contributed by atoms with Crippen molar-refractivity contribution in [1.82, 2.24) is 0 Å². The van der Waals surface area contributed by atoms with Gasteiger partial charge in [-0.1, -0.05) is 19.3 Å². The molecule has 2 rings (SSSR count). The van der Waals surface area contributed by atoms with E-state index in [1.165, 1.54) is 14.2 Å². The van der Waals surface area contributed by atoms with E-state index in [2.05, 4.69) is 4.74 Å². The van der Waals surface area contributed by atoms with Gasteiger partial charge < -0.3 is 25.1 Å². The molecule has 0 heterocycles. The number of hydrogen-bond donors (Lipinski definition) is 2. The first-order valence-corrected chi connectivity index (χ1v) is 10.8. The molecule has 0 aliphatic heterocycles. The first kappa shape index (κ1) is 24.0. The number of methoxy groups -OCH3 is 2. The van der Waals surface area contributed by atoms with Gasteiger partial charge in [0.2, 0.25) is 0 Å². The number of Topliss-reactive ketones (excluding diaryl/α,β-unsaturated/α-hetero) is 1. The van der Waals surface area contributed by atoms with E-state index in [4.69, 9.17) is 15.2 Å². The molecular formula is C23H35NO6. The summed E-state index contributed by atoms with van der Waals surface area (Å²) in [4.78, 5) is 24.0. The number of anilines is 1. The number of aliphatic hydroxyl groups excluding tert-OH is 1. The number of ether oxygens (including phenoxy) is 3. The predicted octanol–water partition coefficient (Wildman–Crippen LogP) is 3.76. The number of aliphatic hydroxyl groups is 1. The molecule has 0 saturated heterocycles. The Morgan fingerprint density at radius 2 is 1.83 bits per heavy atom. The summed E-state index contributed by atoms with van der Waals surface area (Å²) >= 11 is 0. The van der Waals surface area contributed by atoms with Crippen LogP contribution < -0.4 is 15.2 Å². The molecule has 1 saturated carbocycles. The molecule has 0 amide bonds. The van der Waals surface area contributed by atoms with Crippen molar-refractivity contribution in [1.29, 1.82) is 0 Å². The number of nitrogen functional groups attached to an aromatic ring is 1. The molecule has 3 N–H and O–H groups in total. The minimum absolute atomic E-state index is 0.00663. The normalized spacial score (nSPS) is 19.0. The van der Waals surface area contributed by atoms with E-state index in [1.54, 1.807) is 12.1 Å². The van der Waals surface area contributed by atoms with Crippen LogP contribution in [0.15, 0.2) is 12.1 Å². The van der Waals surface area contributed by atoms with Gasteiger partial charge in [-0.2, -0.15) is 0 Å². The van der Waals surface area contributed by atoms with Crippen molar-refractivity contribution in [3.63, 3.8) is 0 Å². The minimum atomic E-state index is -0.287. The molecule has 1 aliphatic carbocycles. The zero-order valence-corrected chi connectivity index (χ0v) is 18.2. The first-order chi connectivity index (χ1) is 14.5. The van der Waals surface area contributed by atoms with Crippen LogP contribution in [0.3, 0.4) is 0 Å². The van der Waals surface area contributed by atoms with E-state index >= 15 is 0 Å². The largest absolute Gasteiger partial charge is 0.493 e. The lowest BCUT2D eigenvalue weighted by atomic mass is 9.88. The van der Waals surface area contributed by atoms with Crippen LogP contribution in [0.25, 0.3) is 0 Å². The van der Waals surface area contributed by atoms with Gasteiger partial charge >= 0.3 is 5.97 Å². The summed E-state index contributed by atoms with van der Waals surface area (Å²) < 4.78 is 15.7. The molecular weight excluding hydrogens is 386 g/mol. The summed E-state index contributed by atoms with van der Waals surface area (Å²) in [5, 5.41) is 9.49. The van der Waals surface area contributed by atoms with Crippen LogP contribution in [0, 0.1) is 11.8 Å². The first-order valence-electron chi connectivity index (χ1n) is 10.8. The van der Waals surface area contributed by atoms with Crippen molar-refractivity contribution in [2.24, 2.45) is 11.8 Å². The molecule has 2 atom stereocenters. The number of rotatable bonds is 11. The van der Waals surface area contributed by atoms with E-state index < -0.39 is 0 Å². The molecule has 1 fully saturated rings. The van der Waals surface area contributed by atoms with E-state index in [9.17, 15) is 14.7 Å². The lowest BCUT2D eigenvalue weighted by Gasteiger charge is -2.18. The third kappa shape index (κ3) is 7.20. The Labute approximate surface area is 178 Å². The van der Waals surface area contributed by atoms with Gasteiger partial charge in [-0.15, -0.1) is 0 Å². The fourth-order valence-electron chi connectivity index (χ4n) is 4.06. The fourth-order valence-corrected chi connectivity index (χ4v) is 4.06. The van der Waals surface area contributed by atoms with Crippen molar-refractivity contribution >= 4 is 17.4 Å². The number of nitrogens with two attached hydrogens (primary N) is 1. The molecule has 168 valence electrons. The van der Waals surface area contributed by atoms with Crippen LogP contribution in [-0.4, -0.2) is 44.3 Å². The Morgan fingerprint density at radius 3 is 2.50 bits per heavy atom. The average Bonchev–Trinajstić information content (AvgIpc) is 3.00. The number of carbonyl (C=O) groups is 2. The predicted molar refractivity (Wildman–Crippen MR) is 115 cm³/mol. The lowest BCUT2D eigenvalue weighted by Crippen LogP contribution is -2.12. The third-order valence-electron chi connectivity index (χ3n) is 5.83. The van der Waals surface area contributed by atoms with Crippen LogP contribution >= 0.6 is 0 Å². The second-order valence-electron chi connectivity index (χ2n) is 8.02. The van der Waals surface area contributed by atoms with E-state index in [0.717, 1.165) is 38.5 Å². The van der Waals surface area contributed by atoms with Crippen molar-refractivity contribution in [3.8, 4) is 11.5 Å². The summed E-state index contributed by atoms with van der Waals surface area (Å²) in [6, 6.07) is 3.24. The lowest BCUT2D eigenvalue weighted by molar-refractivity contribution is -0.140. The molecule has 0 radical (unpaired) electrons. The highest BCUT2D eigenvalue weighted by atomic mass is 16.5. The second kappa shape index (κ2) is 12.4. The maximum absolute atomic E-state index is 12.8. The van der Waals surface area contributed by atoms with Crippen molar-refractivity contribution in [2.45, 2.75) is 57.8 Å². The maximum Gasteiger partial charge on any atom is 0.305 e. The third-order valence-corrected chi connectivity index (χ3v) is 5.83. The van der Waals surface area contributed by atoms with Gasteiger partial charge in [0.25, 0.3) is 0 Å². The summed E-state index contributed by atoms with van der Waals surface area (Å²) in [6.07, 6.45) is 7.50. The average molecular weight is 422 g/mol. The summed E-state index contributed by atoms with van der Waals surface area (Å²) in [5.74, 6) is 1.42. The second-order valence-corrected chi connectivity index (χ2v) is 8.02. The molecule has 0 bridgehead atoms. The van der Waals surface area contributed by atoms with Gasteiger partial charge in [0.05, 0.1) is 20.8 Å². The molecule has 1 unspecified atom stereocenters. The SMILES string of the molecule is COC(=O)CCCOc1cc(N)c(C(=O)CCC2CCCC[C@@H](CO)C2)cc1OC. The van der Waals surface area contributed by atoms with Crippen molar-refractivity contribution in [3.05, 3.63) is 17.7 Å². The van der Waals surface area contributed by atoms with Gasteiger partial charge in [0.1, 0.15) is 0 Å². The smallest absolute Gasteiger partial charge is 0.305 e. The standard InChI is InChI=1S/C23H35NO6/c1-28-21-13-18(19(24)14-22(21)30-11-5-8-23(27)29-2)20(26)10-9-16-6-3-4-7-17(12-16)15-25/h13-14,16-17,25H,3-12,15,24H2,1-2H3/t16?,17-/m1/s1. The van der Waals surface area contributed by atoms with E-state index in [1.807, 2.05) is 0 Å².